The van der Waals surface area contributed by atoms with E-state index in [2.05, 4.69) is 130 Å². The monoisotopic (exact) mass is 418 g/mol. The van der Waals surface area contributed by atoms with E-state index in [1.807, 2.05) is 0 Å². The van der Waals surface area contributed by atoms with Crippen LogP contribution in [0.1, 0.15) is 70.9 Å². The molecule has 0 nitrogen and oxygen atoms in total. The zero-order chi connectivity index (χ0) is 22.3. The molecule has 3 unspecified atom stereocenters. The lowest BCUT2D eigenvalue weighted by Gasteiger charge is -2.28. The van der Waals surface area contributed by atoms with Crippen molar-refractivity contribution in [3.8, 4) is 0 Å². The summed E-state index contributed by atoms with van der Waals surface area (Å²) in [6.07, 6.45) is 2.25. The minimum Gasteiger partial charge on any atom is -0.0622 e. The summed E-state index contributed by atoms with van der Waals surface area (Å²) in [6.45, 7) is 6.80. The summed E-state index contributed by atoms with van der Waals surface area (Å²) in [5, 5.41) is 0. The predicted octanol–water partition coefficient (Wildman–Crippen LogP) is 8.80. The lowest BCUT2D eigenvalue weighted by molar-refractivity contribution is 0.500. The molecule has 4 rings (SSSR count). The summed E-state index contributed by atoms with van der Waals surface area (Å²) in [5.41, 5.74) is 8.43. The lowest BCUT2D eigenvalue weighted by atomic mass is 9.76. The van der Waals surface area contributed by atoms with Crippen LogP contribution in [-0.4, -0.2) is 0 Å². The maximum atomic E-state index is 2.40. The summed E-state index contributed by atoms with van der Waals surface area (Å²) in [4.78, 5) is 0. The van der Waals surface area contributed by atoms with Crippen LogP contribution in [0, 0.1) is 13.8 Å². The molecule has 0 spiro atoms. The lowest BCUT2D eigenvalue weighted by Crippen LogP contribution is -2.11. The molecule has 0 saturated heterocycles. The fourth-order valence-corrected chi connectivity index (χ4v) is 4.85. The second-order valence-corrected chi connectivity index (χ2v) is 9.20. The summed E-state index contributed by atoms with van der Waals surface area (Å²) < 4.78 is 0. The van der Waals surface area contributed by atoms with E-state index in [1.165, 1.54) is 33.4 Å². The second kappa shape index (κ2) is 10.5. The van der Waals surface area contributed by atoms with Crippen LogP contribution in [0.4, 0.5) is 0 Å². The van der Waals surface area contributed by atoms with Gasteiger partial charge in [-0.3, -0.25) is 0 Å². The van der Waals surface area contributed by atoms with Gasteiger partial charge in [0.1, 0.15) is 0 Å². The first-order valence-corrected chi connectivity index (χ1v) is 11.8. The van der Waals surface area contributed by atoms with Gasteiger partial charge in [0.25, 0.3) is 0 Å². The fourth-order valence-electron chi connectivity index (χ4n) is 4.85. The first-order valence-electron chi connectivity index (χ1n) is 11.8. The molecular weight excluding hydrogens is 384 g/mol. The Morgan fingerprint density at radius 3 is 1.59 bits per heavy atom. The molecule has 0 aromatic heterocycles. The molecule has 4 aromatic rings. The van der Waals surface area contributed by atoms with Crippen molar-refractivity contribution in [3.63, 3.8) is 0 Å². The Kier molecular flexibility index (Phi) is 7.22. The quantitative estimate of drug-likeness (QED) is 0.268. The Balaban J connectivity index is 1.70. The van der Waals surface area contributed by atoms with Crippen molar-refractivity contribution < 1.29 is 0 Å². The molecule has 0 heteroatoms. The van der Waals surface area contributed by atoms with Gasteiger partial charge in [-0.2, -0.15) is 0 Å². The fraction of sp³-hybridized carbons (Fsp3) is 0.250. The van der Waals surface area contributed by atoms with Gasteiger partial charge >= 0.3 is 0 Å². The van der Waals surface area contributed by atoms with Crippen molar-refractivity contribution in [2.45, 2.75) is 51.4 Å². The molecule has 0 aliphatic heterocycles. The molecule has 0 bridgehead atoms. The van der Waals surface area contributed by atoms with Gasteiger partial charge < -0.3 is 0 Å². The zero-order valence-corrected chi connectivity index (χ0v) is 19.5. The molecule has 32 heavy (non-hydrogen) atoms. The number of hydrogen-bond acceptors (Lipinski definition) is 0. The van der Waals surface area contributed by atoms with Gasteiger partial charge in [0.2, 0.25) is 0 Å². The minimum atomic E-state index is 0.378. The van der Waals surface area contributed by atoms with Crippen molar-refractivity contribution in [2.75, 3.05) is 0 Å². The number of benzene rings is 4. The van der Waals surface area contributed by atoms with Crippen molar-refractivity contribution in [1.82, 2.24) is 0 Å². The number of rotatable bonds is 8. The van der Waals surface area contributed by atoms with Crippen molar-refractivity contribution >= 4 is 0 Å². The first-order chi connectivity index (χ1) is 15.6. The third-order valence-corrected chi connectivity index (χ3v) is 6.93. The molecule has 0 heterocycles. The maximum Gasteiger partial charge on any atom is 0.00952 e. The van der Waals surface area contributed by atoms with E-state index in [9.17, 15) is 0 Å². The third kappa shape index (κ3) is 5.37. The molecule has 0 fully saturated rings. The molecule has 0 amide bonds. The third-order valence-electron chi connectivity index (χ3n) is 6.93. The van der Waals surface area contributed by atoms with Gasteiger partial charge in [-0.1, -0.05) is 116 Å². The summed E-state index contributed by atoms with van der Waals surface area (Å²) in [5.74, 6) is 1.37. The van der Waals surface area contributed by atoms with E-state index in [0.29, 0.717) is 17.8 Å². The Morgan fingerprint density at radius 1 is 0.500 bits per heavy atom. The van der Waals surface area contributed by atoms with Crippen LogP contribution in [0.25, 0.3) is 0 Å². The highest BCUT2D eigenvalue weighted by Crippen LogP contribution is 2.40. The first kappa shape index (κ1) is 22.1. The average molecular weight is 419 g/mol. The smallest absolute Gasteiger partial charge is 0.00952 e. The predicted molar refractivity (Wildman–Crippen MR) is 137 cm³/mol. The van der Waals surface area contributed by atoms with Crippen LogP contribution in [-0.2, 0) is 0 Å². The zero-order valence-electron chi connectivity index (χ0n) is 19.5. The van der Waals surface area contributed by atoms with Crippen LogP contribution in [0.15, 0.2) is 109 Å². The molecule has 162 valence electrons. The van der Waals surface area contributed by atoms with E-state index >= 15 is 0 Å². The van der Waals surface area contributed by atoms with Crippen molar-refractivity contribution in [1.29, 1.82) is 0 Å². The molecule has 0 radical (unpaired) electrons. The number of aryl methyl sites for hydroxylation is 2. The van der Waals surface area contributed by atoms with Crippen molar-refractivity contribution in [3.05, 3.63) is 143 Å². The van der Waals surface area contributed by atoms with E-state index in [4.69, 9.17) is 0 Å². The highest BCUT2D eigenvalue weighted by atomic mass is 14.3. The van der Waals surface area contributed by atoms with E-state index in [0.717, 1.165) is 12.8 Å². The highest BCUT2D eigenvalue weighted by molar-refractivity contribution is 5.38. The Morgan fingerprint density at radius 2 is 1.03 bits per heavy atom. The van der Waals surface area contributed by atoms with Gasteiger partial charge in [0, 0.05) is 5.92 Å². The SMILES string of the molecule is Cc1ccc(C(CC(CC(C)c2ccccc2)c2ccccc2)c2ccccc2)cc1C. The Hall–Kier alpha value is -3.12. The van der Waals surface area contributed by atoms with E-state index in [-0.39, 0.29) is 0 Å². The van der Waals surface area contributed by atoms with E-state index < -0.39 is 0 Å². The van der Waals surface area contributed by atoms with Crippen LogP contribution < -0.4 is 0 Å². The Bertz CT molecular complexity index is 1100. The summed E-state index contributed by atoms with van der Waals surface area (Å²) >= 11 is 0. The minimum absolute atomic E-state index is 0.378. The molecule has 0 saturated carbocycles. The molecule has 4 aromatic carbocycles. The van der Waals surface area contributed by atoms with Crippen LogP contribution in [0.3, 0.4) is 0 Å². The van der Waals surface area contributed by atoms with Crippen LogP contribution in [0.2, 0.25) is 0 Å². The second-order valence-electron chi connectivity index (χ2n) is 9.20. The highest BCUT2D eigenvalue weighted by Gasteiger charge is 2.24. The van der Waals surface area contributed by atoms with Gasteiger partial charge in [-0.25, -0.2) is 0 Å². The van der Waals surface area contributed by atoms with Crippen LogP contribution >= 0.6 is 0 Å². The largest absolute Gasteiger partial charge is 0.0622 e. The molecule has 3 atom stereocenters. The van der Waals surface area contributed by atoms with Crippen LogP contribution in [0.5, 0.6) is 0 Å². The molecular formula is C32H34. The Labute approximate surface area is 194 Å². The van der Waals surface area contributed by atoms with Gasteiger partial charge in [-0.05, 0) is 71.9 Å². The van der Waals surface area contributed by atoms with Crippen molar-refractivity contribution in [2.24, 2.45) is 0 Å². The maximum absolute atomic E-state index is 2.40. The molecule has 0 N–H and O–H groups in total. The number of hydrogen-bond donors (Lipinski definition) is 0. The topological polar surface area (TPSA) is 0 Å². The van der Waals surface area contributed by atoms with Gasteiger partial charge in [0.05, 0.1) is 0 Å². The van der Waals surface area contributed by atoms with Gasteiger partial charge in [-0.15, -0.1) is 0 Å². The average Bonchev–Trinajstić information content (AvgIpc) is 2.85. The molecule has 0 aliphatic carbocycles. The summed E-state index contributed by atoms with van der Waals surface area (Å²) in [6, 6.07) is 40.1. The normalized spacial score (nSPS) is 14.0. The summed E-state index contributed by atoms with van der Waals surface area (Å²) in [7, 11) is 0. The van der Waals surface area contributed by atoms with Gasteiger partial charge in [0.15, 0.2) is 0 Å². The molecule has 0 aliphatic rings. The van der Waals surface area contributed by atoms with E-state index in [1.54, 1.807) is 0 Å². The standard InChI is InChI=1S/C32H34/c1-24-19-20-30(21-25(24)2)32(29-17-11-6-12-18-29)23-31(28-15-9-5-10-16-28)22-26(3)27-13-7-4-8-14-27/h4-21,26,31-32H,22-23H2,1-3H3.